The maximum Gasteiger partial charge on any atom is 0.234 e. The molecule has 0 aromatic carbocycles. The van der Waals surface area contributed by atoms with Gasteiger partial charge in [0.1, 0.15) is 0 Å². The lowest BCUT2D eigenvalue weighted by Crippen LogP contribution is -2.48. The van der Waals surface area contributed by atoms with Crippen molar-refractivity contribution in [1.29, 1.82) is 0 Å². The number of rotatable bonds is 6. The van der Waals surface area contributed by atoms with Gasteiger partial charge in [-0.15, -0.1) is 0 Å². The number of likely N-dealkylation sites (tertiary alicyclic amines) is 1. The molecule has 1 fully saturated rings. The summed E-state index contributed by atoms with van der Waals surface area (Å²) >= 11 is 0. The molecule has 1 unspecified atom stereocenters. The van der Waals surface area contributed by atoms with Crippen molar-refractivity contribution in [3.05, 3.63) is 11.6 Å². The van der Waals surface area contributed by atoms with Crippen LogP contribution in [0.15, 0.2) is 11.6 Å². The standard InChI is InChI=1S/C16H29N3O/c17-12-15-8-4-5-11-19(15)13-16(20)18-10-9-14-6-2-1-3-7-14/h6,15H,1-5,7-13,17H2,(H,18,20). The zero-order valence-electron chi connectivity index (χ0n) is 12.6. The van der Waals surface area contributed by atoms with Gasteiger partial charge in [0.05, 0.1) is 6.54 Å². The maximum atomic E-state index is 12.0. The molecule has 0 aromatic heterocycles. The highest BCUT2D eigenvalue weighted by molar-refractivity contribution is 5.78. The van der Waals surface area contributed by atoms with E-state index in [0.29, 0.717) is 19.1 Å². The topological polar surface area (TPSA) is 58.4 Å². The zero-order chi connectivity index (χ0) is 14.2. The van der Waals surface area contributed by atoms with Gasteiger partial charge in [-0.1, -0.05) is 18.1 Å². The van der Waals surface area contributed by atoms with Crippen LogP contribution in [-0.4, -0.2) is 43.0 Å². The van der Waals surface area contributed by atoms with Crippen molar-refractivity contribution in [2.24, 2.45) is 5.73 Å². The van der Waals surface area contributed by atoms with Crippen molar-refractivity contribution < 1.29 is 4.79 Å². The lowest BCUT2D eigenvalue weighted by Gasteiger charge is -2.34. The van der Waals surface area contributed by atoms with Gasteiger partial charge in [-0.25, -0.2) is 0 Å². The number of nitrogens with zero attached hydrogens (tertiary/aromatic N) is 1. The highest BCUT2D eigenvalue weighted by atomic mass is 16.2. The van der Waals surface area contributed by atoms with Gasteiger partial charge in [0.25, 0.3) is 0 Å². The molecule has 0 bridgehead atoms. The van der Waals surface area contributed by atoms with Gasteiger partial charge in [0, 0.05) is 19.1 Å². The van der Waals surface area contributed by atoms with Crippen molar-refractivity contribution in [3.63, 3.8) is 0 Å². The van der Waals surface area contributed by atoms with E-state index in [1.165, 1.54) is 44.1 Å². The first-order chi connectivity index (χ1) is 9.79. The van der Waals surface area contributed by atoms with E-state index in [-0.39, 0.29) is 5.91 Å². The Bertz CT molecular complexity index is 341. The number of allylic oxidation sites excluding steroid dienone is 1. The van der Waals surface area contributed by atoms with Crippen LogP contribution in [0, 0.1) is 0 Å². The molecule has 1 aliphatic heterocycles. The smallest absolute Gasteiger partial charge is 0.234 e. The second-order valence-corrected chi connectivity index (χ2v) is 6.06. The quantitative estimate of drug-likeness (QED) is 0.729. The van der Waals surface area contributed by atoms with Crippen molar-refractivity contribution >= 4 is 5.91 Å². The molecule has 1 saturated heterocycles. The van der Waals surface area contributed by atoms with Crippen molar-refractivity contribution in [3.8, 4) is 0 Å². The van der Waals surface area contributed by atoms with Crippen molar-refractivity contribution in [1.82, 2.24) is 10.2 Å². The Morgan fingerprint density at radius 2 is 2.25 bits per heavy atom. The zero-order valence-corrected chi connectivity index (χ0v) is 12.6. The number of carbonyl (C=O) groups excluding carboxylic acids is 1. The predicted octanol–water partition coefficient (Wildman–Crippen LogP) is 1.81. The van der Waals surface area contributed by atoms with Crippen LogP contribution in [0.4, 0.5) is 0 Å². The van der Waals surface area contributed by atoms with Crippen LogP contribution in [0.3, 0.4) is 0 Å². The summed E-state index contributed by atoms with van der Waals surface area (Å²) in [4.78, 5) is 14.3. The van der Waals surface area contributed by atoms with Gasteiger partial charge in [-0.05, 0) is 51.5 Å². The highest BCUT2D eigenvalue weighted by Crippen LogP contribution is 2.19. The number of amides is 1. The molecular weight excluding hydrogens is 250 g/mol. The van der Waals surface area contributed by atoms with Gasteiger partial charge in [0.2, 0.25) is 5.91 Å². The lowest BCUT2D eigenvalue weighted by molar-refractivity contribution is -0.123. The van der Waals surface area contributed by atoms with Gasteiger partial charge in [-0.3, -0.25) is 9.69 Å². The van der Waals surface area contributed by atoms with E-state index < -0.39 is 0 Å². The lowest BCUT2D eigenvalue weighted by atomic mass is 9.97. The summed E-state index contributed by atoms with van der Waals surface area (Å²) in [5.74, 6) is 0.154. The first-order valence-electron chi connectivity index (χ1n) is 8.18. The Kier molecular flexibility index (Phi) is 6.54. The van der Waals surface area contributed by atoms with Crippen LogP contribution in [-0.2, 0) is 4.79 Å². The predicted molar refractivity (Wildman–Crippen MR) is 82.4 cm³/mol. The fraction of sp³-hybridized carbons (Fsp3) is 0.812. The molecule has 1 heterocycles. The highest BCUT2D eigenvalue weighted by Gasteiger charge is 2.22. The molecule has 3 N–H and O–H groups in total. The second kappa shape index (κ2) is 8.42. The minimum absolute atomic E-state index is 0.154. The minimum atomic E-state index is 0.154. The third-order valence-corrected chi connectivity index (χ3v) is 4.52. The molecule has 114 valence electrons. The Balaban J connectivity index is 1.65. The Morgan fingerprint density at radius 3 is 3.00 bits per heavy atom. The summed E-state index contributed by atoms with van der Waals surface area (Å²) in [7, 11) is 0. The molecule has 1 amide bonds. The summed E-state index contributed by atoms with van der Waals surface area (Å²) in [5, 5.41) is 3.06. The van der Waals surface area contributed by atoms with Crippen molar-refractivity contribution in [2.75, 3.05) is 26.2 Å². The summed E-state index contributed by atoms with van der Waals surface area (Å²) in [6.07, 6.45) is 12.0. The molecule has 0 radical (unpaired) electrons. The van der Waals surface area contributed by atoms with E-state index in [9.17, 15) is 4.79 Å². The largest absolute Gasteiger partial charge is 0.355 e. The van der Waals surface area contributed by atoms with E-state index in [4.69, 9.17) is 5.73 Å². The molecular formula is C16H29N3O. The van der Waals surface area contributed by atoms with E-state index in [1.807, 2.05) is 0 Å². The normalized spacial score (nSPS) is 24.2. The van der Waals surface area contributed by atoms with Gasteiger partial charge in [0.15, 0.2) is 0 Å². The molecule has 0 saturated carbocycles. The van der Waals surface area contributed by atoms with Crippen LogP contribution in [0.1, 0.15) is 51.4 Å². The van der Waals surface area contributed by atoms with Crippen LogP contribution in [0.5, 0.6) is 0 Å². The average molecular weight is 279 g/mol. The molecule has 2 rings (SSSR count). The van der Waals surface area contributed by atoms with Gasteiger partial charge < -0.3 is 11.1 Å². The Hall–Kier alpha value is -0.870. The maximum absolute atomic E-state index is 12.0. The fourth-order valence-corrected chi connectivity index (χ4v) is 3.27. The monoisotopic (exact) mass is 279 g/mol. The number of piperidine rings is 1. The summed E-state index contributed by atoms with van der Waals surface area (Å²) in [5.41, 5.74) is 7.31. The van der Waals surface area contributed by atoms with Crippen LogP contribution in [0.25, 0.3) is 0 Å². The number of hydrogen-bond acceptors (Lipinski definition) is 3. The number of nitrogens with one attached hydrogen (secondary N) is 1. The SMILES string of the molecule is NCC1CCCCN1CC(=O)NCCC1=CCCCC1. The van der Waals surface area contributed by atoms with E-state index in [0.717, 1.165) is 25.9 Å². The van der Waals surface area contributed by atoms with E-state index in [2.05, 4.69) is 16.3 Å². The summed E-state index contributed by atoms with van der Waals surface area (Å²) in [6.45, 7) is 2.98. The Labute approximate surface area is 122 Å². The molecule has 1 atom stereocenters. The summed E-state index contributed by atoms with van der Waals surface area (Å²) < 4.78 is 0. The first kappa shape index (κ1) is 15.5. The third-order valence-electron chi connectivity index (χ3n) is 4.52. The summed E-state index contributed by atoms with van der Waals surface area (Å²) in [6, 6.07) is 0.399. The van der Waals surface area contributed by atoms with Crippen LogP contribution >= 0.6 is 0 Å². The molecule has 0 aromatic rings. The average Bonchev–Trinajstić information content (AvgIpc) is 2.49. The van der Waals surface area contributed by atoms with Crippen LogP contribution in [0.2, 0.25) is 0 Å². The van der Waals surface area contributed by atoms with Crippen molar-refractivity contribution in [2.45, 2.75) is 57.4 Å². The van der Waals surface area contributed by atoms with E-state index >= 15 is 0 Å². The van der Waals surface area contributed by atoms with E-state index in [1.54, 1.807) is 0 Å². The number of carbonyl (C=O) groups is 1. The second-order valence-electron chi connectivity index (χ2n) is 6.06. The fourth-order valence-electron chi connectivity index (χ4n) is 3.27. The third kappa shape index (κ3) is 4.91. The first-order valence-corrected chi connectivity index (χ1v) is 8.18. The Morgan fingerprint density at radius 1 is 1.35 bits per heavy atom. The van der Waals surface area contributed by atoms with Gasteiger partial charge >= 0.3 is 0 Å². The molecule has 20 heavy (non-hydrogen) atoms. The van der Waals surface area contributed by atoms with Crippen LogP contribution < -0.4 is 11.1 Å². The molecule has 4 nitrogen and oxygen atoms in total. The number of nitrogens with two attached hydrogens (primary N) is 1. The molecule has 0 spiro atoms. The number of hydrogen-bond donors (Lipinski definition) is 2. The molecule has 2 aliphatic rings. The molecule has 1 aliphatic carbocycles. The van der Waals surface area contributed by atoms with Gasteiger partial charge in [-0.2, -0.15) is 0 Å². The minimum Gasteiger partial charge on any atom is -0.355 e. The molecule has 4 heteroatoms.